The summed E-state index contributed by atoms with van der Waals surface area (Å²) < 4.78 is 0. The Bertz CT molecular complexity index is 337. The van der Waals surface area contributed by atoms with E-state index in [2.05, 4.69) is 19.4 Å². The third-order valence-electron chi connectivity index (χ3n) is 1.39. The molecule has 25 heavy (non-hydrogen) atoms. The number of hydrogen-bond acceptors (Lipinski definition) is 10. The van der Waals surface area contributed by atoms with Crippen LogP contribution < -0.4 is 29.6 Å². The third kappa shape index (κ3) is 25.6. The van der Waals surface area contributed by atoms with E-state index in [0.29, 0.717) is 10.5 Å². The van der Waals surface area contributed by atoms with Crippen LogP contribution in [0.2, 0.25) is 0 Å². The molecule has 13 nitrogen and oxygen atoms in total. The molecular weight excluding hydrogens is 403 g/mol. The number of hydrogen-bond donors (Lipinski definition) is 0. The molecule has 0 aromatic rings. The van der Waals surface area contributed by atoms with Crippen molar-refractivity contribution in [3.05, 3.63) is 0 Å². The molecule has 0 spiro atoms. The molecule has 0 rings (SSSR count). The van der Waals surface area contributed by atoms with Crippen LogP contribution in [0.3, 0.4) is 0 Å². The second-order valence-corrected chi connectivity index (χ2v) is 3.44. The van der Waals surface area contributed by atoms with E-state index in [-0.39, 0.29) is 77.6 Å². The fourth-order valence-electron chi connectivity index (χ4n) is 0.957. The molecule has 0 aromatic heterocycles. The zero-order chi connectivity index (χ0) is 15.7. The van der Waals surface area contributed by atoms with Gasteiger partial charge in [-0.2, -0.15) is 0 Å². The van der Waals surface area contributed by atoms with Crippen molar-refractivity contribution in [3.8, 4) is 0 Å². The summed E-state index contributed by atoms with van der Waals surface area (Å²) in [7, 11) is 0. The molecule has 0 atom stereocenters. The van der Waals surface area contributed by atoms with Crippen LogP contribution in [0.1, 0.15) is 29.1 Å². The molecule has 0 radical (unpaired) electrons. The van der Waals surface area contributed by atoms with Gasteiger partial charge in [-0.05, 0) is 0 Å². The van der Waals surface area contributed by atoms with Crippen molar-refractivity contribution >= 4 is 23.9 Å². The summed E-state index contributed by atoms with van der Waals surface area (Å²) in [4.78, 5) is 61.4. The molecule has 0 fully saturated rings. The average Bonchev–Trinajstić information content (AvgIpc) is 2.22. The number of rotatable bonds is 7. The van der Waals surface area contributed by atoms with Crippen LogP contribution in [0.15, 0.2) is 0 Å². The standard InChI is InChI=1S/C10H16N2O8.Fe.Na.3H2O.H/c1-7(13)17-11(18-8(2)14)5-6-12(19-9(3)15)20-10(4)16;;;;;;/h5-6H2,1-4H3;;;3*1H2;/q;;+1;;;;-1. The maximum atomic E-state index is 10.8. The van der Waals surface area contributed by atoms with Gasteiger partial charge in [0.15, 0.2) is 0 Å². The summed E-state index contributed by atoms with van der Waals surface area (Å²) >= 11 is 0. The fourth-order valence-corrected chi connectivity index (χ4v) is 0.957. The van der Waals surface area contributed by atoms with Crippen molar-refractivity contribution in [2.45, 2.75) is 27.7 Å². The Hall–Kier alpha value is -0.801. The van der Waals surface area contributed by atoms with Gasteiger partial charge in [0.25, 0.3) is 0 Å². The van der Waals surface area contributed by atoms with E-state index < -0.39 is 23.9 Å². The maximum Gasteiger partial charge on any atom is 1.00 e. The molecule has 0 aliphatic rings. The monoisotopic (exact) mass is 426 g/mol. The Labute approximate surface area is 177 Å². The van der Waals surface area contributed by atoms with E-state index in [4.69, 9.17) is 0 Å². The van der Waals surface area contributed by atoms with Gasteiger partial charge in [0, 0.05) is 55.2 Å². The van der Waals surface area contributed by atoms with Crippen LogP contribution >= 0.6 is 0 Å². The second-order valence-electron chi connectivity index (χ2n) is 3.44. The van der Waals surface area contributed by atoms with Gasteiger partial charge in [-0.15, -0.1) is 0 Å². The molecule has 0 aliphatic carbocycles. The minimum atomic E-state index is -0.724. The third-order valence-corrected chi connectivity index (χ3v) is 1.39. The maximum absolute atomic E-state index is 10.8. The molecule has 0 amide bonds. The first-order valence-electron chi connectivity index (χ1n) is 5.50. The van der Waals surface area contributed by atoms with Crippen molar-refractivity contribution in [3.63, 3.8) is 0 Å². The summed E-state index contributed by atoms with van der Waals surface area (Å²) in [6, 6.07) is 0. The van der Waals surface area contributed by atoms with Gasteiger partial charge in [0.1, 0.15) is 0 Å². The van der Waals surface area contributed by atoms with E-state index in [1.165, 1.54) is 0 Å². The summed E-state index contributed by atoms with van der Waals surface area (Å²) in [6.45, 7) is 3.97. The Morgan fingerprint density at radius 3 is 0.920 bits per heavy atom. The van der Waals surface area contributed by atoms with Crippen LogP contribution in [-0.2, 0) is 55.6 Å². The molecule has 148 valence electrons. The van der Waals surface area contributed by atoms with Crippen molar-refractivity contribution in [1.29, 1.82) is 0 Å². The summed E-state index contributed by atoms with van der Waals surface area (Å²) in [5.41, 5.74) is 0. The minimum Gasteiger partial charge on any atom is -1.00 e. The van der Waals surface area contributed by atoms with Crippen LogP contribution in [0, 0.1) is 0 Å². The van der Waals surface area contributed by atoms with Crippen LogP contribution in [0.4, 0.5) is 0 Å². The Morgan fingerprint density at radius 2 is 0.800 bits per heavy atom. The van der Waals surface area contributed by atoms with Gasteiger partial charge in [0.2, 0.25) is 0 Å². The van der Waals surface area contributed by atoms with Crippen LogP contribution in [0.25, 0.3) is 0 Å². The van der Waals surface area contributed by atoms with E-state index in [1.54, 1.807) is 0 Å². The van der Waals surface area contributed by atoms with Gasteiger partial charge in [-0.3, -0.25) is 19.2 Å². The molecule has 0 heterocycles. The molecule has 0 aliphatic heterocycles. The first-order valence-corrected chi connectivity index (χ1v) is 5.50. The van der Waals surface area contributed by atoms with Gasteiger partial charge < -0.3 is 37.2 Å². The van der Waals surface area contributed by atoms with Gasteiger partial charge in [-0.1, -0.05) is 0 Å². The topological polar surface area (TPSA) is 206 Å². The van der Waals surface area contributed by atoms with E-state index in [9.17, 15) is 19.2 Å². The predicted molar refractivity (Wildman–Crippen MR) is 72.4 cm³/mol. The number of carbonyl (C=O) groups excluding carboxylic acids is 4. The number of hydroxylamine groups is 4. The molecule has 0 unspecified atom stereocenters. The van der Waals surface area contributed by atoms with Gasteiger partial charge >= 0.3 is 53.4 Å². The molecule has 6 N–H and O–H groups in total. The average molecular weight is 426 g/mol. The Kier molecular flexibility index (Phi) is 33.4. The molecule has 0 saturated heterocycles. The first-order chi connectivity index (χ1) is 9.20. The quantitative estimate of drug-likeness (QED) is 0.278. The van der Waals surface area contributed by atoms with Crippen LogP contribution in [0.5, 0.6) is 0 Å². The largest absolute Gasteiger partial charge is 1.00 e. The molecule has 15 heteroatoms. The van der Waals surface area contributed by atoms with E-state index in [1.807, 2.05) is 0 Å². The summed E-state index contributed by atoms with van der Waals surface area (Å²) in [6.07, 6.45) is 0. The fraction of sp³-hybridized carbons (Fsp3) is 0.600. The first kappa shape index (κ1) is 39.3. The van der Waals surface area contributed by atoms with Crippen molar-refractivity contribution in [2.75, 3.05) is 13.1 Å². The molecule has 0 aromatic carbocycles. The molecule has 0 bridgehead atoms. The van der Waals surface area contributed by atoms with Crippen molar-refractivity contribution < 1.29 is 103 Å². The smallest absolute Gasteiger partial charge is 1.00 e. The summed E-state index contributed by atoms with van der Waals surface area (Å²) in [5.74, 6) is -2.90. The van der Waals surface area contributed by atoms with Gasteiger partial charge in [-0.25, -0.2) is 0 Å². The number of nitrogens with zero attached hydrogens (tertiary/aromatic N) is 2. The molecular formula is C10H23FeN2NaO11. The van der Waals surface area contributed by atoms with Crippen LogP contribution in [-0.4, -0.2) is 63.8 Å². The zero-order valence-corrected chi connectivity index (χ0v) is 17.5. The second kappa shape index (κ2) is 21.2. The normalized spacial score (nSPS) is 8.08. The summed E-state index contributed by atoms with van der Waals surface area (Å²) in [5, 5.41) is 1.15. The Balaban J connectivity index is -0.000000120. The predicted octanol–water partition coefficient (Wildman–Crippen LogP) is -5.86. The van der Waals surface area contributed by atoms with Crippen molar-refractivity contribution in [2.24, 2.45) is 0 Å². The van der Waals surface area contributed by atoms with Gasteiger partial charge in [0.05, 0.1) is 13.1 Å². The minimum absolute atomic E-state index is 0. The Morgan fingerprint density at radius 1 is 0.640 bits per heavy atom. The van der Waals surface area contributed by atoms with E-state index >= 15 is 0 Å². The van der Waals surface area contributed by atoms with Crippen molar-refractivity contribution in [1.82, 2.24) is 10.5 Å². The SMILES string of the molecule is CC(=O)ON(CCN(OC(C)=O)OC(C)=O)OC(C)=O.O.O.O.[Fe].[H-].[Na+]. The zero-order valence-electron chi connectivity index (χ0n) is 15.4. The number of carbonyl (C=O) groups is 4. The molecule has 0 saturated carbocycles. The van der Waals surface area contributed by atoms with E-state index in [0.717, 1.165) is 27.7 Å².